The number of aromatic nitrogens is 1. The Morgan fingerprint density at radius 3 is 2.53 bits per heavy atom. The fourth-order valence-corrected chi connectivity index (χ4v) is 1.87. The lowest BCUT2D eigenvalue weighted by atomic mass is 9.90. The number of carbonyl (C=O) groups is 2. The van der Waals surface area contributed by atoms with E-state index in [2.05, 4.69) is 9.72 Å². The monoisotopic (exact) mass is 227 g/mol. The second-order valence-corrected chi connectivity index (χ2v) is 4.57. The number of hydrogen-bond acceptors (Lipinski definition) is 5. The van der Waals surface area contributed by atoms with Crippen LogP contribution in [-0.4, -0.2) is 23.8 Å². The van der Waals surface area contributed by atoms with E-state index in [9.17, 15) is 9.59 Å². The maximum atomic E-state index is 11.4. The molecule has 0 aliphatic heterocycles. The fraction of sp³-hybridized carbons (Fsp3) is 0.500. The highest BCUT2D eigenvalue weighted by atomic mass is 32.1. The average molecular weight is 227 g/mol. The molecule has 1 heterocycles. The first-order valence-corrected chi connectivity index (χ1v) is 5.33. The van der Waals surface area contributed by atoms with Crippen molar-refractivity contribution in [2.24, 2.45) is 0 Å². The van der Waals surface area contributed by atoms with Gasteiger partial charge in [0.1, 0.15) is 10.8 Å². The molecule has 82 valence electrons. The number of methoxy groups -OCH3 is 1. The minimum absolute atomic E-state index is 0.0215. The maximum absolute atomic E-state index is 11.4. The van der Waals surface area contributed by atoms with Crippen molar-refractivity contribution in [3.05, 3.63) is 16.1 Å². The number of Topliss-reactive ketones (excluding diaryl/α,β-unsaturated/α-hetero) is 1. The first-order valence-electron chi connectivity index (χ1n) is 4.45. The Labute approximate surface area is 92.3 Å². The van der Waals surface area contributed by atoms with Gasteiger partial charge in [0.15, 0.2) is 5.69 Å². The molecule has 0 aliphatic carbocycles. The molecule has 0 amide bonds. The average Bonchev–Trinajstić information content (AvgIpc) is 2.65. The van der Waals surface area contributed by atoms with Crippen LogP contribution in [0.3, 0.4) is 0 Å². The summed E-state index contributed by atoms with van der Waals surface area (Å²) in [4.78, 5) is 26.6. The van der Waals surface area contributed by atoms with Crippen molar-refractivity contribution in [1.82, 2.24) is 4.98 Å². The number of thiazole rings is 1. The Morgan fingerprint density at radius 1 is 1.47 bits per heavy atom. The van der Waals surface area contributed by atoms with E-state index in [0.29, 0.717) is 5.01 Å². The van der Waals surface area contributed by atoms with Gasteiger partial charge in [0.2, 0.25) is 0 Å². The molecule has 0 saturated heterocycles. The second-order valence-electron chi connectivity index (χ2n) is 3.71. The molecule has 0 radical (unpaired) electrons. The third-order valence-electron chi connectivity index (χ3n) is 2.31. The molecule has 15 heavy (non-hydrogen) atoms. The minimum Gasteiger partial charge on any atom is -0.464 e. The van der Waals surface area contributed by atoms with Crippen LogP contribution in [0.25, 0.3) is 0 Å². The van der Waals surface area contributed by atoms with Crippen LogP contribution >= 0.6 is 11.3 Å². The van der Waals surface area contributed by atoms with Crippen LogP contribution in [0.5, 0.6) is 0 Å². The Balaban J connectivity index is 3.04. The van der Waals surface area contributed by atoms with Crippen LogP contribution in [0, 0.1) is 0 Å². The molecular weight excluding hydrogens is 214 g/mol. The van der Waals surface area contributed by atoms with Crippen LogP contribution in [0.2, 0.25) is 0 Å². The Hall–Kier alpha value is -1.23. The molecular formula is C10H13NO3S. The van der Waals surface area contributed by atoms with Crippen molar-refractivity contribution >= 4 is 23.1 Å². The third-order valence-corrected chi connectivity index (χ3v) is 3.48. The zero-order valence-electron chi connectivity index (χ0n) is 9.16. The summed E-state index contributed by atoms with van der Waals surface area (Å²) in [6.45, 7) is 5.09. The summed E-state index contributed by atoms with van der Waals surface area (Å²) in [6, 6.07) is 0. The second kappa shape index (κ2) is 4.10. The highest BCUT2D eigenvalue weighted by Crippen LogP contribution is 2.27. The highest BCUT2D eigenvalue weighted by Gasteiger charge is 2.30. The first-order chi connectivity index (χ1) is 6.89. The quantitative estimate of drug-likeness (QED) is 0.739. The molecule has 0 unspecified atom stereocenters. The molecule has 0 bridgehead atoms. The SMILES string of the molecule is COC(=O)c1csc(C(C)(C)C(C)=O)n1. The molecule has 0 fully saturated rings. The lowest BCUT2D eigenvalue weighted by Gasteiger charge is -2.17. The molecule has 1 aromatic heterocycles. The van der Waals surface area contributed by atoms with E-state index in [1.165, 1.54) is 25.4 Å². The third kappa shape index (κ3) is 2.23. The fourth-order valence-electron chi connectivity index (χ4n) is 0.910. The van der Waals surface area contributed by atoms with Crippen LogP contribution < -0.4 is 0 Å². The zero-order valence-corrected chi connectivity index (χ0v) is 9.97. The summed E-state index contributed by atoms with van der Waals surface area (Å²) in [5, 5.41) is 2.24. The lowest BCUT2D eigenvalue weighted by Crippen LogP contribution is -2.26. The number of nitrogens with zero attached hydrogens (tertiary/aromatic N) is 1. The van der Waals surface area contributed by atoms with Gasteiger partial charge in [-0.2, -0.15) is 0 Å². The van der Waals surface area contributed by atoms with Gasteiger partial charge in [-0.1, -0.05) is 0 Å². The van der Waals surface area contributed by atoms with Gasteiger partial charge in [-0.25, -0.2) is 9.78 Å². The van der Waals surface area contributed by atoms with E-state index in [0.717, 1.165) is 0 Å². The van der Waals surface area contributed by atoms with Gasteiger partial charge in [-0.05, 0) is 20.8 Å². The van der Waals surface area contributed by atoms with Gasteiger partial charge in [0.05, 0.1) is 12.5 Å². The van der Waals surface area contributed by atoms with E-state index in [-0.39, 0.29) is 11.5 Å². The summed E-state index contributed by atoms with van der Waals surface area (Å²) >= 11 is 1.30. The molecule has 0 aliphatic rings. The molecule has 4 nitrogen and oxygen atoms in total. The molecule has 0 aromatic carbocycles. The normalized spacial score (nSPS) is 11.2. The minimum atomic E-state index is -0.642. The van der Waals surface area contributed by atoms with E-state index >= 15 is 0 Å². The highest BCUT2D eigenvalue weighted by molar-refractivity contribution is 7.10. The number of hydrogen-bond donors (Lipinski definition) is 0. The molecule has 0 spiro atoms. The van der Waals surface area contributed by atoms with Crippen molar-refractivity contribution in [2.75, 3.05) is 7.11 Å². The summed E-state index contributed by atoms with van der Waals surface area (Å²) in [7, 11) is 1.30. The Kier molecular flexibility index (Phi) is 3.24. The van der Waals surface area contributed by atoms with E-state index in [4.69, 9.17) is 0 Å². The summed E-state index contributed by atoms with van der Waals surface area (Å²) < 4.78 is 4.54. The maximum Gasteiger partial charge on any atom is 0.357 e. The van der Waals surface area contributed by atoms with Gasteiger partial charge >= 0.3 is 5.97 Å². The van der Waals surface area contributed by atoms with Crippen LogP contribution in [0.1, 0.15) is 36.3 Å². The molecule has 1 aromatic rings. The van der Waals surface area contributed by atoms with Crippen molar-refractivity contribution in [2.45, 2.75) is 26.2 Å². The number of ketones is 1. The summed E-state index contributed by atoms with van der Waals surface area (Å²) in [5.41, 5.74) is -0.386. The predicted octanol–water partition coefficient (Wildman–Crippen LogP) is 1.80. The van der Waals surface area contributed by atoms with Crippen LogP contribution in [0.15, 0.2) is 5.38 Å². The summed E-state index contributed by atoms with van der Waals surface area (Å²) in [6.07, 6.45) is 0. The Morgan fingerprint density at radius 2 is 2.07 bits per heavy atom. The van der Waals surface area contributed by atoms with Gasteiger partial charge < -0.3 is 4.74 Å². The largest absolute Gasteiger partial charge is 0.464 e. The number of carbonyl (C=O) groups excluding carboxylic acids is 2. The van der Waals surface area contributed by atoms with E-state index in [1.54, 1.807) is 19.2 Å². The number of esters is 1. The molecule has 0 N–H and O–H groups in total. The van der Waals surface area contributed by atoms with Gasteiger partial charge in [-0.15, -0.1) is 11.3 Å². The van der Waals surface area contributed by atoms with Crippen molar-refractivity contribution in [1.29, 1.82) is 0 Å². The summed E-state index contributed by atoms with van der Waals surface area (Å²) in [5.74, 6) is -0.454. The zero-order chi connectivity index (χ0) is 11.6. The molecule has 1 rings (SSSR count). The van der Waals surface area contributed by atoms with E-state index in [1.807, 2.05) is 0 Å². The first kappa shape index (κ1) is 11.8. The lowest BCUT2D eigenvalue weighted by molar-refractivity contribution is -0.121. The van der Waals surface area contributed by atoms with Crippen molar-refractivity contribution in [3.8, 4) is 0 Å². The molecule has 0 atom stereocenters. The number of rotatable bonds is 3. The Bertz CT molecular complexity index is 395. The number of ether oxygens (including phenoxy) is 1. The van der Waals surface area contributed by atoms with E-state index < -0.39 is 11.4 Å². The van der Waals surface area contributed by atoms with Gasteiger partial charge in [-0.3, -0.25) is 4.79 Å². The predicted molar refractivity (Wildman–Crippen MR) is 57.2 cm³/mol. The van der Waals surface area contributed by atoms with Crippen molar-refractivity contribution < 1.29 is 14.3 Å². The van der Waals surface area contributed by atoms with Crippen molar-refractivity contribution in [3.63, 3.8) is 0 Å². The van der Waals surface area contributed by atoms with Gasteiger partial charge in [0, 0.05) is 5.38 Å². The van der Waals surface area contributed by atoms with Gasteiger partial charge in [0.25, 0.3) is 0 Å². The molecule has 5 heteroatoms. The standard InChI is InChI=1S/C10H13NO3S/c1-6(12)10(2,3)9-11-7(5-15-9)8(13)14-4/h5H,1-4H3. The van der Waals surface area contributed by atoms with Crippen LogP contribution in [-0.2, 0) is 14.9 Å². The van der Waals surface area contributed by atoms with Crippen LogP contribution in [0.4, 0.5) is 0 Å². The smallest absolute Gasteiger partial charge is 0.357 e. The molecule has 0 saturated carbocycles. The topological polar surface area (TPSA) is 56.3 Å².